The van der Waals surface area contributed by atoms with Gasteiger partial charge in [0.05, 0.1) is 6.61 Å². The van der Waals surface area contributed by atoms with Gasteiger partial charge in [0.15, 0.2) is 0 Å². The maximum absolute atomic E-state index is 6.22. The highest BCUT2D eigenvalue weighted by atomic mass is 35.5. The third-order valence-corrected chi connectivity index (χ3v) is 5.28. The average molecular weight is 333 g/mol. The second-order valence-corrected chi connectivity index (χ2v) is 6.64. The predicted octanol–water partition coefficient (Wildman–Crippen LogP) is 4.30. The Morgan fingerprint density at radius 1 is 1.04 bits per heavy atom. The second kappa shape index (κ2) is 7.50. The van der Waals surface area contributed by atoms with Crippen LogP contribution in [0.4, 0.5) is 0 Å². The van der Waals surface area contributed by atoms with Crippen molar-refractivity contribution in [2.45, 2.75) is 38.1 Å². The number of nitrogens with zero attached hydrogens (tertiary/aromatic N) is 2. The molecule has 2 fully saturated rings. The smallest absolute Gasteiger partial charge is 0.145 e. The molecule has 2 atom stereocenters. The van der Waals surface area contributed by atoms with E-state index in [4.69, 9.17) is 4.74 Å². The molecule has 2 saturated heterocycles. The van der Waals surface area contributed by atoms with Gasteiger partial charge in [0.1, 0.15) is 11.3 Å². The zero-order valence-corrected chi connectivity index (χ0v) is 14.3. The second-order valence-electron chi connectivity index (χ2n) is 6.64. The van der Waals surface area contributed by atoms with Crippen LogP contribution < -0.4 is 4.74 Å². The first-order valence-electron chi connectivity index (χ1n) is 8.62. The molecule has 23 heavy (non-hydrogen) atoms. The molecule has 2 unspecified atom stereocenters. The van der Waals surface area contributed by atoms with Crippen molar-refractivity contribution >= 4 is 23.3 Å². The number of hydrogen-bond donors (Lipinski definition) is 0. The topological polar surface area (TPSA) is 25.4 Å². The van der Waals surface area contributed by atoms with Crippen molar-refractivity contribution in [2.24, 2.45) is 5.92 Å². The van der Waals surface area contributed by atoms with Gasteiger partial charge in [-0.3, -0.25) is 9.88 Å². The number of benzene rings is 1. The molecule has 2 aliphatic heterocycles. The van der Waals surface area contributed by atoms with Crippen LogP contribution in [0.25, 0.3) is 10.9 Å². The van der Waals surface area contributed by atoms with Crippen molar-refractivity contribution in [1.29, 1.82) is 0 Å². The Balaban J connectivity index is 0.00000156. The van der Waals surface area contributed by atoms with Crippen LogP contribution in [0.3, 0.4) is 0 Å². The van der Waals surface area contributed by atoms with Gasteiger partial charge in [-0.2, -0.15) is 0 Å². The van der Waals surface area contributed by atoms with Crippen molar-refractivity contribution in [1.82, 2.24) is 9.88 Å². The third kappa shape index (κ3) is 3.46. The van der Waals surface area contributed by atoms with Crippen molar-refractivity contribution in [2.75, 3.05) is 19.7 Å². The van der Waals surface area contributed by atoms with Crippen molar-refractivity contribution in [3.05, 3.63) is 36.5 Å². The van der Waals surface area contributed by atoms with E-state index in [0.29, 0.717) is 5.92 Å². The minimum absolute atomic E-state index is 0. The molecule has 2 aromatic rings. The van der Waals surface area contributed by atoms with Gasteiger partial charge in [0, 0.05) is 23.5 Å². The zero-order chi connectivity index (χ0) is 14.8. The quantitative estimate of drug-likeness (QED) is 0.838. The molecule has 3 nitrogen and oxygen atoms in total. The van der Waals surface area contributed by atoms with Crippen molar-refractivity contribution in [3.8, 4) is 5.75 Å². The summed E-state index contributed by atoms with van der Waals surface area (Å²) in [5.74, 6) is 1.61. The van der Waals surface area contributed by atoms with Gasteiger partial charge >= 0.3 is 0 Å². The first-order chi connectivity index (χ1) is 10.9. The van der Waals surface area contributed by atoms with E-state index >= 15 is 0 Å². The molecule has 4 rings (SSSR count). The summed E-state index contributed by atoms with van der Waals surface area (Å²) in [5.41, 5.74) is 0.987. The highest BCUT2D eigenvalue weighted by Crippen LogP contribution is 2.32. The lowest BCUT2D eigenvalue weighted by Crippen LogP contribution is -2.49. The Morgan fingerprint density at radius 3 is 2.87 bits per heavy atom. The Morgan fingerprint density at radius 2 is 1.91 bits per heavy atom. The molecule has 2 aliphatic rings. The van der Waals surface area contributed by atoms with Crippen LogP contribution in [0.1, 0.15) is 32.1 Å². The average Bonchev–Trinajstić information content (AvgIpc) is 2.60. The predicted molar refractivity (Wildman–Crippen MR) is 96.4 cm³/mol. The summed E-state index contributed by atoms with van der Waals surface area (Å²) < 4.78 is 6.22. The van der Waals surface area contributed by atoms with Crippen LogP contribution in [0, 0.1) is 5.92 Å². The van der Waals surface area contributed by atoms with E-state index in [-0.39, 0.29) is 12.4 Å². The fourth-order valence-corrected chi connectivity index (χ4v) is 4.16. The van der Waals surface area contributed by atoms with Gasteiger partial charge in [0.25, 0.3) is 0 Å². The Kier molecular flexibility index (Phi) is 5.39. The van der Waals surface area contributed by atoms with Gasteiger partial charge in [-0.25, -0.2) is 0 Å². The molecule has 4 heteroatoms. The number of ether oxygens (including phenoxy) is 1. The van der Waals surface area contributed by atoms with E-state index in [1.165, 1.54) is 45.2 Å². The molecule has 0 saturated carbocycles. The van der Waals surface area contributed by atoms with E-state index in [2.05, 4.69) is 34.1 Å². The molecule has 124 valence electrons. The number of halogens is 1. The van der Waals surface area contributed by atoms with E-state index in [0.717, 1.165) is 29.3 Å². The summed E-state index contributed by atoms with van der Waals surface area (Å²) in [6, 6.07) is 11.0. The largest absolute Gasteiger partial charge is 0.491 e. The first-order valence-corrected chi connectivity index (χ1v) is 8.62. The summed E-state index contributed by atoms with van der Waals surface area (Å²) in [6.45, 7) is 3.41. The lowest BCUT2D eigenvalue weighted by atomic mass is 9.84. The lowest BCUT2D eigenvalue weighted by molar-refractivity contribution is 0.0368. The third-order valence-electron chi connectivity index (χ3n) is 5.28. The molecule has 0 radical (unpaired) electrons. The fourth-order valence-electron chi connectivity index (χ4n) is 4.16. The zero-order valence-electron chi connectivity index (χ0n) is 13.5. The van der Waals surface area contributed by atoms with E-state index in [1.54, 1.807) is 0 Å². The van der Waals surface area contributed by atoms with Gasteiger partial charge < -0.3 is 4.74 Å². The van der Waals surface area contributed by atoms with Gasteiger partial charge in [-0.1, -0.05) is 24.6 Å². The molecule has 0 bridgehead atoms. The molecule has 0 spiro atoms. The highest BCUT2D eigenvalue weighted by molar-refractivity contribution is 5.85. The normalized spacial score (nSPS) is 24.7. The van der Waals surface area contributed by atoms with E-state index in [1.807, 2.05) is 12.3 Å². The van der Waals surface area contributed by atoms with Crippen LogP contribution in [0.5, 0.6) is 5.75 Å². The Labute approximate surface area is 144 Å². The Bertz CT molecular complexity index is 641. The van der Waals surface area contributed by atoms with Gasteiger partial charge in [0.2, 0.25) is 0 Å². The maximum Gasteiger partial charge on any atom is 0.145 e. The molecular weight excluding hydrogens is 308 g/mol. The van der Waals surface area contributed by atoms with Crippen LogP contribution in [0.15, 0.2) is 36.5 Å². The van der Waals surface area contributed by atoms with Crippen LogP contribution in [-0.2, 0) is 0 Å². The number of piperidine rings is 2. The highest BCUT2D eigenvalue weighted by Gasteiger charge is 2.33. The minimum atomic E-state index is 0. The molecule has 1 aromatic heterocycles. The fraction of sp³-hybridized carbons (Fsp3) is 0.526. The molecule has 3 heterocycles. The summed E-state index contributed by atoms with van der Waals surface area (Å²) in [4.78, 5) is 7.19. The molecule has 1 aromatic carbocycles. The summed E-state index contributed by atoms with van der Waals surface area (Å²) in [5, 5.41) is 1.16. The van der Waals surface area contributed by atoms with Gasteiger partial charge in [-0.05, 0) is 50.9 Å². The SMILES string of the molecule is Cl.c1cnc2c(OCC3CCCN4CCCCC34)cccc2c1. The minimum Gasteiger partial charge on any atom is -0.491 e. The van der Waals surface area contributed by atoms with E-state index < -0.39 is 0 Å². The first kappa shape index (κ1) is 16.5. The van der Waals surface area contributed by atoms with Crippen LogP contribution in [-0.4, -0.2) is 35.6 Å². The number of fused-ring (bicyclic) bond motifs is 2. The van der Waals surface area contributed by atoms with Crippen molar-refractivity contribution in [3.63, 3.8) is 0 Å². The summed E-state index contributed by atoms with van der Waals surface area (Å²) in [7, 11) is 0. The molecular formula is C19H25ClN2O. The Hall–Kier alpha value is -1.32. The number of para-hydroxylation sites is 1. The monoisotopic (exact) mass is 332 g/mol. The molecule has 0 N–H and O–H groups in total. The molecule has 0 amide bonds. The lowest BCUT2D eigenvalue weighted by Gasteiger charge is -2.44. The number of aromatic nitrogens is 1. The summed E-state index contributed by atoms with van der Waals surface area (Å²) in [6.07, 6.45) is 8.57. The number of rotatable bonds is 3. The molecule has 0 aliphatic carbocycles. The number of hydrogen-bond acceptors (Lipinski definition) is 3. The van der Waals surface area contributed by atoms with Crippen LogP contribution in [0.2, 0.25) is 0 Å². The summed E-state index contributed by atoms with van der Waals surface area (Å²) >= 11 is 0. The van der Waals surface area contributed by atoms with Gasteiger partial charge in [-0.15, -0.1) is 12.4 Å². The standard InChI is InChI=1S/C19H24N2O.ClH/c1-2-12-21-13-5-8-16(17(21)9-1)14-22-18-10-3-6-15-7-4-11-20-19(15)18;/h3-4,6-7,10-11,16-17H,1-2,5,8-9,12-14H2;1H. The van der Waals surface area contributed by atoms with Crippen molar-refractivity contribution < 1.29 is 4.74 Å². The number of pyridine rings is 1. The maximum atomic E-state index is 6.22. The van der Waals surface area contributed by atoms with Crippen LogP contribution >= 0.6 is 12.4 Å². The van der Waals surface area contributed by atoms with E-state index in [9.17, 15) is 0 Å².